The van der Waals surface area contributed by atoms with E-state index < -0.39 is 10.0 Å². The van der Waals surface area contributed by atoms with Crippen LogP contribution in [-0.2, 0) is 10.0 Å². The summed E-state index contributed by atoms with van der Waals surface area (Å²) in [6, 6.07) is 14.9. The Labute approximate surface area is 167 Å². The summed E-state index contributed by atoms with van der Waals surface area (Å²) in [4.78, 5) is 4.29. The topological polar surface area (TPSA) is 71.1 Å². The van der Waals surface area contributed by atoms with Gasteiger partial charge in [-0.2, -0.15) is 0 Å². The van der Waals surface area contributed by atoms with E-state index in [1.807, 2.05) is 36.4 Å². The fraction of sp³-hybridized carbons (Fsp3) is 0.150. The molecule has 0 atom stereocenters. The lowest BCUT2D eigenvalue weighted by molar-refractivity contribution is 0.578. The van der Waals surface area contributed by atoms with Crippen LogP contribution in [0.25, 0.3) is 16.8 Å². The molecule has 0 aliphatic rings. The molecule has 3 aromatic rings. The summed E-state index contributed by atoms with van der Waals surface area (Å²) in [5, 5.41) is 4.95. The SMILES string of the molecule is O=S(=O)(NCCNCC=Cc1ccc(Br)cc1)c1ccc2cnccc2c1. The smallest absolute Gasteiger partial charge is 0.240 e. The fourth-order valence-corrected chi connectivity index (χ4v) is 3.87. The Balaban J connectivity index is 1.45. The van der Waals surface area contributed by atoms with Gasteiger partial charge in [0, 0.05) is 41.9 Å². The predicted molar refractivity (Wildman–Crippen MR) is 113 cm³/mol. The number of rotatable bonds is 8. The van der Waals surface area contributed by atoms with Crippen LogP contribution >= 0.6 is 15.9 Å². The van der Waals surface area contributed by atoms with Gasteiger partial charge in [-0.25, -0.2) is 13.1 Å². The second kappa shape index (κ2) is 9.23. The van der Waals surface area contributed by atoms with Crippen molar-refractivity contribution in [3.8, 4) is 0 Å². The van der Waals surface area contributed by atoms with Crippen molar-refractivity contribution in [1.29, 1.82) is 0 Å². The maximum Gasteiger partial charge on any atom is 0.240 e. The highest BCUT2D eigenvalue weighted by Crippen LogP contribution is 2.17. The fourth-order valence-electron chi connectivity index (χ4n) is 2.54. The number of benzene rings is 2. The van der Waals surface area contributed by atoms with Crippen LogP contribution in [0.3, 0.4) is 0 Å². The molecule has 0 saturated carbocycles. The molecule has 0 amide bonds. The maximum absolute atomic E-state index is 12.4. The molecule has 2 N–H and O–H groups in total. The molecule has 5 nitrogen and oxygen atoms in total. The van der Waals surface area contributed by atoms with E-state index >= 15 is 0 Å². The van der Waals surface area contributed by atoms with Gasteiger partial charge in [-0.05, 0) is 41.3 Å². The first-order chi connectivity index (χ1) is 13.0. The lowest BCUT2D eigenvalue weighted by atomic mass is 10.2. The molecule has 1 heterocycles. The van der Waals surface area contributed by atoms with Crippen molar-refractivity contribution in [3.05, 3.63) is 77.0 Å². The van der Waals surface area contributed by atoms with Gasteiger partial charge in [-0.15, -0.1) is 0 Å². The minimum absolute atomic E-state index is 0.260. The zero-order chi connectivity index (χ0) is 19.1. The number of pyridine rings is 1. The third-order valence-corrected chi connectivity index (χ3v) is 5.95. The van der Waals surface area contributed by atoms with Crippen molar-refractivity contribution in [2.75, 3.05) is 19.6 Å². The molecular weight excluding hydrogens is 426 g/mol. The van der Waals surface area contributed by atoms with Crippen LogP contribution in [0.15, 0.2) is 76.4 Å². The molecule has 0 bridgehead atoms. The van der Waals surface area contributed by atoms with E-state index in [9.17, 15) is 8.42 Å². The molecule has 27 heavy (non-hydrogen) atoms. The summed E-state index contributed by atoms with van der Waals surface area (Å²) in [6.07, 6.45) is 7.39. The van der Waals surface area contributed by atoms with E-state index in [1.54, 1.807) is 36.7 Å². The summed E-state index contributed by atoms with van der Waals surface area (Å²) < 4.78 is 28.5. The van der Waals surface area contributed by atoms with E-state index in [1.165, 1.54) is 0 Å². The molecule has 0 spiro atoms. The van der Waals surface area contributed by atoms with E-state index in [-0.39, 0.29) is 4.90 Å². The summed E-state index contributed by atoms with van der Waals surface area (Å²) in [7, 11) is -3.52. The standard InChI is InChI=1S/C20H20BrN3O2S/c21-19-6-3-16(4-7-19)2-1-10-22-12-13-24-27(25,26)20-8-5-18-15-23-11-9-17(18)14-20/h1-9,11,14-15,22,24H,10,12-13H2. The number of nitrogens with one attached hydrogen (secondary N) is 2. The molecule has 0 radical (unpaired) electrons. The lowest BCUT2D eigenvalue weighted by Crippen LogP contribution is -2.31. The number of hydrogen-bond donors (Lipinski definition) is 2. The highest BCUT2D eigenvalue weighted by atomic mass is 79.9. The molecular formula is C20H20BrN3O2S. The summed E-state index contributed by atoms with van der Waals surface area (Å²) in [5.41, 5.74) is 1.12. The summed E-state index contributed by atoms with van der Waals surface area (Å²) in [6.45, 7) is 1.53. The lowest BCUT2D eigenvalue weighted by Gasteiger charge is -2.08. The molecule has 0 aliphatic heterocycles. The third-order valence-electron chi connectivity index (χ3n) is 3.96. The van der Waals surface area contributed by atoms with Gasteiger partial charge < -0.3 is 5.32 Å². The number of halogens is 1. The molecule has 0 saturated heterocycles. The number of fused-ring (bicyclic) bond motifs is 1. The van der Waals surface area contributed by atoms with Gasteiger partial charge >= 0.3 is 0 Å². The van der Waals surface area contributed by atoms with Gasteiger partial charge in [0.25, 0.3) is 0 Å². The van der Waals surface area contributed by atoms with Crippen molar-refractivity contribution in [2.24, 2.45) is 0 Å². The first kappa shape index (κ1) is 19.7. The third kappa shape index (κ3) is 5.71. The van der Waals surface area contributed by atoms with E-state index in [4.69, 9.17) is 0 Å². The van der Waals surface area contributed by atoms with Gasteiger partial charge in [0.1, 0.15) is 0 Å². The highest BCUT2D eigenvalue weighted by molar-refractivity contribution is 9.10. The molecule has 2 aromatic carbocycles. The zero-order valence-electron chi connectivity index (χ0n) is 14.6. The van der Waals surface area contributed by atoms with Crippen LogP contribution in [0, 0.1) is 0 Å². The number of sulfonamides is 1. The zero-order valence-corrected chi connectivity index (χ0v) is 17.0. The van der Waals surface area contributed by atoms with Crippen molar-refractivity contribution < 1.29 is 8.42 Å². The number of nitrogens with zero attached hydrogens (tertiary/aromatic N) is 1. The van der Waals surface area contributed by atoms with Crippen LogP contribution in [-0.4, -0.2) is 33.0 Å². The number of hydrogen-bond acceptors (Lipinski definition) is 4. The van der Waals surface area contributed by atoms with E-state index in [0.29, 0.717) is 19.6 Å². The maximum atomic E-state index is 12.4. The average molecular weight is 446 g/mol. The monoisotopic (exact) mass is 445 g/mol. The molecule has 1 aromatic heterocycles. The quantitative estimate of drug-likeness (QED) is 0.519. The Morgan fingerprint density at radius 1 is 1.00 bits per heavy atom. The Morgan fingerprint density at radius 3 is 2.63 bits per heavy atom. The van der Waals surface area contributed by atoms with Gasteiger partial charge in [0.2, 0.25) is 10.0 Å². The van der Waals surface area contributed by atoms with Crippen molar-refractivity contribution in [2.45, 2.75) is 4.90 Å². The van der Waals surface area contributed by atoms with Crippen LogP contribution < -0.4 is 10.0 Å². The average Bonchev–Trinajstić information content (AvgIpc) is 2.68. The molecule has 0 unspecified atom stereocenters. The Kier molecular flexibility index (Phi) is 6.73. The second-order valence-electron chi connectivity index (χ2n) is 5.94. The largest absolute Gasteiger partial charge is 0.312 e. The minimum Gasteiger partial charge on any atom is -0.312 e. The van der Waals surface area contributed by atoms with Crippen LogP contribution in [0.1, 0.15) is 5.56 Å². The van der Waals surface area contributed by atoms with Gasteiger partial charge in [-0.1, -0.05) is 46.3 Å². The van der Waals surface area contributed by atoms with Crippen LogP contribution in [0.2, 0.25) is 0 Å². The number of aromatic nitrogens is 1. The van der Waals surface area contributed by atoms with Crippen molar-refractivity contribution in [1.82, 2.24) is 15.0 Å². The van der Waals surface area contributed by atoms with Crippen LogP contribution in [0.4, 0.5) is 0 Å². The predicted octanol–water partition coefficient (Wildman–Crippen LogP) is 3.58. The Hall–Kier alpha value is -2.06. The van der Waals surface area contributed by atoms with Gasteiger partial charge in [-0.3, -0.25) is 4.98 Å². The molecule has 0 aliphatic carbocycles. The van der Waals surface area contributed by atoms with Crippen LogP contribution in [0.5, 0.6) is 0 Å². The Bertz CT molecular complexity index is 1030. The normalized spacial score (nSPS) is 12.0. The first-order valence-electron chi connectivity index (χ1n) is 8.51. The highest BCUT2D eigenvalue weighted by Gasteiger charge is 2.13. The Morgan fingerprint density at radius 2 is 1.81 bits per heavy atom. The van der Waals surface area contributed by atoms with Gasteiger partial charge in [0.15, 0.2) is 0 Å². The first-order valence-corrected chi connectivity index (χ1v) is 10.8. The molecule has 7 heteroatoms. The van der Waals surface area contributed by atoms with Gasteiger partial charge in [0.05, 0.1) is 4.90 Å². The molecule has 3 rings (SSSR count). The second-order valence-corrected chi connectivity index (χ2v) is 8.62. The molecule has 0 fully saturated rings. The van der Waals surface area contributed by atoms with Crippen molar-refractivity contribution >= 4 is 42.8 Å². The minimum atomic E-state index is -3.52. The van der Waals surface area contributed by atoms with E-state index in [0.717, 1.165) is 20.8 Å². The van der Waals surface area contributed by atoms with E-state index in [2.05, 4.69) is 31.0 Å². The van der Waals surface area contributed by atoms with Crippen molar-refractivity contribution in [3.63, 3.8) is 0 Å². The summed E-state index contributed by atoms with van der Waals surface area (Å²) in [5.74, 6) is 0. The summed E-state index contributed by atoms with van der Waals surface area (Å²) >= 11 is 3.41. The molecule has 140 valence electrons.